The molecule has 6 bridgehead atoms. The van der Waals surface area contributed by atoms with Gasteiger partial charge in [-0.15, -0.1) is 0 Å². The molecule has 0 spiro atoms. The summed E-state index contributed by atoms with van der Waals surface area (Å²) in [6.45, 7) is 2.53. The molecule has 1 fully saturated rings. The summed E-state index contributed by atoms with van der Waals surface area (Å²) >= 11 is 0. The molecule has 486 valence electrons. The summed E-state index contributed by atoms with van der Waals surface area (Å²) in [5.74, 6) is -47.6. The first-order valence-electron chi connectivity index (χ1n) is 26.5. The number of rotatable bonds is 4. The van der Waals surface area contributed by atoms with Gasteiger partial charge in [-0.25, -0.2) is 24.0 Å². The zero-order valence-electron chi connectivity index (χ0n) is 46.9. The minimum atomic E-state index is -3.98. The van der Waals surface area contributed by atoms with Gasteiger partial charge in [-0.05, 0) is 74.9 Å². The van der Waals surface area contributed by atoms with Crippen molar-refractivity contribution in [2.45, 2.75) is 86.5 Å². The third-order valence-electron chi connectivity index (χ3n) is 16.2. The minimum absolute atomic E-state index is 0.0310. The Labute approximate surface area is 513 Å². The number of hydrogen-bond acceptors (Lipinski definition) is 35. The van der Waals surface area contributed by atoms with E-state index in [9.17, 15) is 135 Å². The van der Waals surface area contributed by atoms with Crippen LogP contribution >= 0.6 is 0 Å². The van der Waals surface area contributed by atoms with Crippen LogP contribution in [0, 0.1) is 6.92 Å². The Morgan fingerprint density at radius 1 is 0.516 bits per heavy atom. The third kappa shape index (κ3) is 9.11. The molecule has 0 radical (unpaired) electrons. The number of phenolic OH excluding ortho intramolecular Hbond substituents is 12. The van der Waals surface area contributed by atoms with Crippen molar-refractivity contribution in [3.63, 3.8) is 0 Å². The lowest BCUT2D eigenvalue weighted by atomic mass is 9.70. The zero-order chi connectivity index (χ0) is 68.3. The Morgan fingerprint density at radius 3 is 1.61 bits per heavy atom. The van der Waals surface area contributed by atoms with Crippen LogP contribution in [0.3, 0.4) is 0 Å². The van der Waals surface area contributed by atoms with Crippen LogP contribution in [-0.2, 0) is 47.6 Å². The number of phenols is 12. The van der Waals surface area contributed by atoms with Gasteiger partial charge in [-0.2, -0.15) is 0 Å². The van der Waals surface area contributed by atoms with Crippen molar-refractivity contribution in [2.24, 2.45) is 0 Å². The lowest BCUT2D eigenvalue weighted by Gasteiger charge is -2.49. The van der Waals surface area contributed by atoms with Crippen molar-refractivity contribution >= 4 is 53.0 Å². The molecule has 35 nitrogen and oxygen atoms in total. The molecule has 5 aromatic rings. The number of aliphatic hydroxyl groups is 6. The van der Waals surface area contributed by atoms with Crippen molar-refractivity contribution in [3.05, 3.63) is 104 Å². The van der Waals surface area contributed by atoms with Gasteiger partial charge < -0.3 is 130 Å². The number of ether oxygens (including phenoxy) is 8. The molecule has 2 aliphatic carbocycles. The molecule has 5 aromatic carbocycles. The molecule has 93 heavy (non-hydrogen) atoms. The summed E-state index contributed by atoms with van der Waals surface area (Å²) in [6.07, 6.45) is -11.4. The largest absolute Gasteiger partial charge is 0.504 e. The number of ketones is 4. The van der Waals surface area contributed by atoms with Crippen LogP contribution in [0.1, 0.15) is 94.2 Å². The molecule has 18 N–H and O–H groups in total. The Kier molecular flexibility index (Phi) is 14.3. The van der Waals surface area contributed by atoms with Gasteiger partial charge in [0.05, 0.1) is 39.7 Å². The Bertz CT molecular complexity index is 4360. The number of carbonyl (C=O) groups excluding carboxylic acids is 9. The van der Waals surface area contributed by atoms with Crippen LogP contribution in [0.2, 0.25) is 0 Å². The molecular weight excluding hydrogens is 1260 g/mol. The first kappa shape index (κ1) is 63.1. The lowest BCUT2D eigenvalue weighted by molar-refractivity contribution is -0.339. The number of hydrogen-bond donors (Lipinski definition) is 18. The first-order valence-corrected chi connectivity index (χ1v) is 26.5. The van der Waals surface area contributed by atoms with E-state index in [0.717, 1.165) is 6.92 Å². The Balaban J connectivity index is 0.000000295. The van der Waals surface area contributed by atoms with Crippen molar-refractivity contribution in [2.75, 3.05) is 6.61 Å². The Morgan fingerprint density at radius 2 is 1.03 bits per heavy atom. The molecule has 0 saturated carbocycles. The highest BCUT2D eigenvalue weighted by Crippen LogP contribution is 2.61. The summed E-state index contributed by atoms with van der Waals surface area (Å²) in [5, 5.41) is 192. The normalized spacial score (nSPS) is 25.9. The number of benzene rings is 5. The molecule has 5 heterocycles. The van der Waals surface area contributed by atoms with Gasteiger partial charge in [0.2, 0.25) is 41.2 Å². The van der Waals surface area contributed by atoms with E-state index in [1.165, 1.54) is 19.9 Å². The second kappa shape index (κ2) is 21.1. The van der Waals surface area contributed by atoms with E-state index in [2.05, 4.69) is 0 Å². The van der Waals surface area contributed by atoms with Crippen LogP contribution in [-0.4, -0.2) is 205 Å². The smallest absolute Gasteiger partial charge is 0.340 e. The van der Waals surface area contributed by atoms with Crippen LogP contribution in [0.5, 0.6) is 80.5 Å². The van der Waals surface area contributed by atoms with Crippen molar-refractivity contribution in [1.29, 1.82) is 0 Å². The zero-order valence-corrected chi connectivity index (χ0v) is 46.9. The molecule has 2 unspecified atom stereocenters. The second-order valence-corrected chi connectivity index (χ2v) is 21.8. The molecule has 0 aromatic heterocycles. The Hall–Kier alpha value is -11.5. The predicted octanol–water partition coefficient (Wildman–Crippen LogP) is -1.25. The average molecular weight is 1300 g/mol. The highest BCUT2D eigenvalue weighted by molar-refractivity contribution is 6.11. The topological polar surface area (TPSA) is 592 Å². The van der Waals surface area contributed by atoms with Gasteiger partial charge in [0.25, 0.3) is 17.4 Å². The number of fused-ring (bicyclic) bond motifs is 7. The monoisotopic (exact) mass is 1300 g/mol. The molecular formula is C58H44O35. The standard InChI is InChI=1S/C41H28O27.C17H16O8/c42-13-1-8(2-14(43)24(13)48)34(54)67-39-33-32-30(64-38(58)12-6-19(47)41(61)40(59,60)23(12)22-11(37(57)66-33)5-17(46)27(51)31(22)68-41)18(63-39)7-62-35(55)9-3-15(44)25(49)28(52)20(9)21-10(36(56)65-32)4-16(45)26(50)29(21)53;1-6-4-9(7(2)18)12-13-10(8(3)19)5-11(20)16(22,23)17(13,24)25-15(12)14(6)21/h1-6,18,23,30,32-33,39,42-46,48-53,59-61H,7H2;4-5,13,21-24H,1-3H3/t18?,23-,30+,32+,33?,39-,41-;13-,17+/m00/s1. The van der Waals surface area contributed by atoms with Gasteiger partial charge in [-0.3, -0.25) is 19.2 Å². The number of cyclic esters (lactones) is 1. The van der Waals surface area contributed by atoms with Gasteiger partial charge in [0.1, 0.15) is 12.7 Å². The summed E-state index contributed by atoms with van der Waals surface area (Å²) < 4.78 is 44.1. The molecule has 1 saturated heterocycles. The molecule has 0 amide bonds. The molecule has 35 heteroatoms. The maximum Gasteiger partial charge on any atom is 0.340 e. The van der Waals surface area contributed by atoms with Gasteiger partial charge in [0, 0.05) is 33.4 Å². The van der Waals surface area contributed by atoms with E-state index in [-0.39, 0.29) is 34.1 Å². The van der Waals surface area contributed by atoms with Crippen LogP contribution in [0.15, 0.2) is 59.7 Å². The number of aryl methyl sites for hydroxylation is 1. The summed E-state index contributed by atoms with van der Waals surface area (Å²) in [4.78, 5) is 121. The maximum absolute atomic E-state index is 14.6. The summed E-state index contributed by atoms with van der Waals surface area (Å²) in [7, 11) is 0. The first-order chi connectivity index (χ1) is 43.3. The SMILES string of the molecule is CC(=O)C1=CC(=O)C(O)(O)[C@]2(O)Oc3c(O)c(C)cc(C(C)=O)c3[C@H]12.O=C1O[C@@H]2C3COC(=O)c4cc(O)c(O)c(O)c4-c4c(cc(O)c(O)c4O)C(=O)O[C@H]2C(OC(=O)c2cc(O)c(O)c4c2[C@@H]2C1=CC(=O)[C@](O)(O4)C2(O)O)[C@H](OC(=O)c1cc(O)c(O)c(O)c1)O3. The summed E-state index contributed by atoms with van der Waals surface area (Å²) in [6, 6.07) is 3.67. The predicted molar refractivity (Wildman–Crippen MR) is 286 cm³/mol. The van der Waals surface area contributed by atoms with Crippen molar-refractivity contribution < 1.29 is 173 Å². The number of carbonyl (C=O) groups is 9. The number of esters is 5. The fourth-order valence-corrected chi connectivity index (χ4v) is 11.6. The van der Waals surface area contributed by atoms with E-state index in [1.54, 1.807) is 0 Å². The fourth-order valence-electron chi connectivity index (χ4n) is 11.6. The second-order valence-electron chi connectivity index (χ2n) is 21.8. The number of Topliss-reactive ketones (excluding diaryl/α,β-unsaturated/α-hetero) is 2. The minimum Gasteiger partial charge on any atom is -0.504 e. The fraction of sp³-hybridized carbons (Fsp3) is 0.259. The van der Waals surface area contributed by atoms with E-state index in [4.69, 9.17) is 37.9 Å². The van der Waals surface area contributed by atoms with Crippen LogP contribution in [0.4, 0.5) is 0 Å². The summed E-state index contributed by atoms with van der Waals surface area (Å²) in [5.41, 5.74) is -8.53. The maximum atomic E-state index is 14.6. The van der Waals surface area contributed by atoms with E-state index in [1.807, 2.05) is 0 Å². The van der Waals surface area contributed by atoms with Crippen molar-refractivity contribution in [3.8, 4) is 91.6 Å². The molecule has 9 atom stereocenters. The van der Waals surface area contributed by atoms with Gasteiger partial charge in [0.15, 0.2) is 87.0 Å². The van der Waals surface area contributed by atoms with E-state index < -0.39 is 245 Å². The number of aromatic hydroxyl groups is 12. The average Bonchev–Trinajstić information content (AvgIpc) is 1.68. The lowest BCUT2D eigenvalue weighted by Crippen LogP contribution is -2.70. The van der Waals surface area contributed by atoms with E-state index in [0.29, 0.717) is 36.4 Å². The molecule has 12 rings (SSSR count). The highest BCUT2D eigenvalue weighted by atomic mass is 16.8. The molecule has 5 aliphatic heterocycles. The van der Waals surface area contributed by atoms with Gasteiger partial charge >= 0.3 is 35.6 Å². The highest BCUT2D eigenvalue weighted by Gasteiger charge is 2.71. The molecule has 7 aliphatic rings. The van der Waals surface area contributed by atoms with E-state index >= 15 is 0 Å². The van der Waals surface area contributed by atoms with Crippen LogP contribution < -0.4 is 9.47 Å². The third-order valence-corrected chi connectivity index (χ3v) is 16.2. The van der Waals surface area contributed by atoms with Crippen LogP contribution in [0.25, 0.3) is 11.1 Å². The van der Waals surface area contributed by atoms with Crippen molar-refractivity contribution in [1.82, 2.24) is 0 Å². The quantitative estimate of drug-likeness (QED) is 0.0328. The van der Waals surface area contributed by atoms with Gasteiger partial charge in [-0.1, -0.05) is 0 Å².